The Morgan fingerprint density at radius 2 is 2.00 bits per heavy atom. The summed E-state index contributed by atoms with van der Waals surface area (Å²) in [6.07, 6.45) is 1.04. The molecular formula is C20H29N3O3S. The topological polar surface area (TPSA) is 58.8 Å². The zero-order chi connectivity index (χ0) is 19.4. The van der Waals surface area contributed by atoms with Gasteiger partial charge in [0.05, 0.1) is 23.3 Å². The number of ether oxygens (including phenoxy) is 1. The van der Waals surface area contributed by atoms with Gasteiger partial charge in [0.15, 0.2) is 0 Å². The van der Waals surface area contributed by atoms with Crippen LogP contribution < -0.4 is 0 Å². The Balaban J connectivity index is 1.51. The van der Waals surface area contributed by atoms with Gasteiger partial charge in [-0.3, -0.25) is 9.69 Å². The molecule has 1 amide bonds. The second kappa shape index (κ2) is 8.99. The molecule has 7 heteroatoms. The van der Waals surface area contributed by atoms with Gasteiger partial charge in [0.25, 0.3) is 5.91 Å². The lowest BCUT2D eigenvalue weighted by molar-refractivity contribution is 0.0408. The normalized spacial score (nSPS) is 15.7. The van der Waals surface area contributed by atoms with Crippen LogP contribution in [0.15, 0.2) is 16.7 Å². The van der Waals surface area contributed by atoms with Crippen LogP contribution in [-0.4, -0.2) is 66.3 Å². The average Bonchev–Trinajstić information content (AvgIpc) is 3.24. The summed E-state index contributed by atoms with van der Waals surface area (Å²) in [7, 11) is 0. The van der Waals surface area contributed by atoms with E-state index in [1.54, 1.807) is 11.3 Å². The fraction of sp³-hybridized carbons (Fsp3) is 0.600. The van der Waals surface area contributed by atoms with Crippen LogP contribution in [0.25, 0.3) is 0 Å². The van der Waals surface area contributed by atoms with Crippen molar-refractivity contribution in [2.75, 3.05) is 39.3 Å². The van der Waals surface area contributed by atoms with E-state index in [1.165, 1.54) is 0 Å². The fourth-order valence-corrected chi connectivity index (χ4v) is 4.25. The van der Waals surface area contributed by atoms with E-state index in [9.17, 15) is 4.79 Å². The van der Waals surface area contributed by atoms with Crippen molar-refractivity contribution in [3.05, 3.63) is 38.9 Å². The summed E-state index contributed by atoms with van der Waals surface area (Å²) in [4.78, 5) is 19.1. The predicted molar refractivity (Wildman–Crippen MR) is 107 cm³/mol. The van der Waals surface area contributed by atoms with Crippen molar-refractivity contribution in [3.8, 4) is 0 Å². The number of carbonyl (C=O) groups is 1. The maximum Gasteiger partial charge on any atom is 0.264 e. The molecule has 0 N–H and O–H groups in total. The molecule has 1 saturated heterocycles. The summed E-state index contributed by atoms with van der Waals surface area (Å²) in [5.41, 5.74) is 2.04. The first-order valence-corrected chi connectivity index (χ1v) is 10.4. The molecule has 3 rings (SSSR count). The summed E-state index contributed by atoms with van der Waals surface area (Å²) < 4.78 is 10.9. The average molecular weight is 392 g/mol. The molecule has 2 aromatic rings. The molecule has 0 unspecified atom stereocenters. The number of nitrogens with zero attached hydrogens (tertiary/aromatic N) is 3. The van der Waals surface area contributed by atoms with Crippen LogP contribution in [-0.2, 0) is 11.2 Å². The monoisotopic (exact) mass is 391 g/mol. The SMILES string of the molecule is Cc1noc(C)c1Cc1ccc(C(=O)N2CCN(CCOC(C)C)CC2)s1. The van der Waals surface area contributed by atoms with Crippen molar-refractivity contribution in [1.82, 2.24) is 15.0 Å². The molecule has 3 heterocycles. The maximum atomic E-state index is 12.8. The van der Waals surface area contributed by atoms with Crippen molar-refractivity contribution in [2.24, 2.45) is 0 Å². The Bertz CT molecular complexity index is 741. The third-order valence-electron chi connectivity index (χ3n) is 4.92. The Morgan fingerprint density at radius 3 is 2.63 bits per heavy atom. The van der Waals surface area contributed by atoms with Gasteiger partial charge in [-0.2, -0.15) is 0 Å². The van der Waals surface area contributed by atoms with E-state index in [0.29, 0.717) is 0 Å². The molecule has 0 radical (unpaired) electrons. The molecule has 27 heavy (non-hydrogen) atoms. The molecule has 0 atom stereocenters. The second-order valence-corrected chi connectivity index (χ2v) is 8.47. The largest absolute Gasteiger partial charge is 0.377 e. The number of aromatic nitrogens is 1. The Kier molecular flexibility index (Phi) is 6.68. The van der Waals surface area contributed by atoms with E-state index >= 15 is 0 Å². The quantitative estimate of drug-likeness (QED) is 0.726. The van der Waals surface area contributed by atoms with Crippen LogP contribution in [0, 0.1) is 13.8 Å². The van der Waals surface area contributed by atoms with E-state index in [1.807, 2.05) is 30.9 Å². The van der Waals surface area contributed by atoms with Crippen LogP contribution >= 0.6 is 11.3 Å². The van der Waals surface area contributed by atoms with E-state index in [0.717, 1.165) is 72.5 Å². The van der Waals surface area contributed by atoms with Gasteiger partial charge < -0.3 is 14.2 Å². The smallest absolute Gasteiger partial charge is 0.264 e. The molecule has 0 spiro atoms. The highest BCUT2D eigenvalue weighted by Crippen LogP contribution is 2.24. The van der Waals surface area contributed by atoms with Gasteiger partial charge in [0.2, 0.25) is 0 Å². The number of amides is 1. The summed E-state index contributed by atoms with van der Waals surface area (Å²) in [6.45, 7) is 13.0. The molecule has 0 bridgehead atoms. The highest BCUT2D eigenvalue weighted by molar-refractivity contribution is 7.14. The molecular weight excluding hydrogens is 362 g/mol. The van der Waals surface area contributed by atoms with Gasteiger partial charge in [0, 0.05) is 49.6 Å². The molecule has 0 aromatic carbocycles. The van der Waals surface area contributed by atoms with Gasteiger partial charge in [-0.25, -0.2) is 0 Å². The molecule has 1 aliphatic heterocycles. The highest BCUT2D eigenvalue weighted by atomic mass is 32.1. The molecule has 1 fully saturated rings. The second-order valence-electron chi connectivity index (χ2n) is 7.30. The fourth-order valence-electron chi connectivity index (χ4n) is 3.26. The van der Waals surface area contributed by atoms with E-state index in [-0.39, 0.29) is 12.0 Å². The number of carbonyl (C=O) groups excluding carboxylic acids is 1. The molecule has 1 aliphatic rings. The van der Waals surface area contributed by atoms with Gasteiger partial charge in [-0.1, -0.05) is 5.16 Å². The molecule has 148 valence electrons. The number of rotatable bonds is 7. The predicted octanol–water partition coefficient (Wildman–Crippen LogP) is 3.13. The zero-order valence-electron chi connectivity index (χ0n) is 16.7. The minimum atomic E-state index is 0.142. The van der Waals surface area contributed by atoms with Crippen LogP contribution in [0.1, 0.15) is 45.4 Å². The molecule has 0 aliphatic carbocycles. The summed E-state index contributed by atoms with van der Waals surface area (Å²) in [5, 5.41) is 4.01. The van der Waals surface area contributed by atoms with Crippen LogP contribution in [0.4, 0.5) is 0 Å². The minimum absolute atomic E-state index is 0.142. The minimum Gasteiger partial charge on any atom is -0.377 e. The van der Waals surface area contributed by atoms with Crippen molar-refractivity contribution in [1.29, 1.82) is 0 Å². The lowest BCUT2D eigenvalue weighted by atomic mass is 10.1. The van der Waals surface area contributed by atoms with Crippen LogP contribution in [0.5, 0.6) is 0 Å². The van der Waals surface area contributed by atoms with E-state index in [2.05, 4.69) is 23.9 Å². The molecule has 6 nitrogen and oxygen atoms in total. The standard InChI is InChI=1S/C20H29N3O3S/c1-14(2)25-12-11-22-7-9-23(10-8-22)20(24)19-6-5-17(27-19)13-18-15(3)21-26-16(18)4/h5-6,14H,7-13H2,1-4H3. The molecule has 2 aromatic heterocycles. The summed E-state index contributed by atoms with van der Waals surface area (Å²) in [6, 6.07) is 3.99. The Morgan fingerprint density at radius 1 is 1.26 bits per heavy atom. The number of piperazine rings is 1. The highest BCUT2D eigenvalue weighted by Gasteiger charge is 2.23. The summed E-state index contributed by atoms with van der Waals surface area (Å²) in [5.74, 6) is 0.995. The van der Waals surface area contributed by atoms with Gasteiger partial charge in [-0.05, 0) is 39.8 Å². The lowest BCUT2D eigenvalue weighted by Gasteiger charge is -2.34. The van der Waals surface area contributed by atoms with Crippen molar-refractivity contribution < 1.29 is 14.1 Å². The number of hydrogen-bond acceptors (Lipinski definition) is 6. The molecule has 0 saturated carbocycles. The van der Waals surface area contributed by atoms with Crippen molar-refractivity contribution >= 4 is 17.2 Å². The Labute approximate surface area is 165 Å². The maximum absolute atomic E-state index is 12.8. The van der Waals surface area contributed by atoms with Crippen LogP contribution in [0.2, 0.25) is 0 Å². The Hall–Kier alpha value is -1.70. The zero-order valence-corrected chi connectivity index (χ0v) is 17.5. The van der Waals surface area contributed by atoms with Gasteiger partial charge in [-0.15, -0.1) is 11.3 Å². The third-order valence-corrected chi connectivity index (χ3v) is 6.00. The van der Waals surface area contributed by atoms with Gasteiger partial charge in [0.1, 0.15) is 5.76 Å². The van der Waals surface area contributed by atoms with E-state index < -0.39 is 0 Å². The number of hydrogen-bond donors (Lipinski definition) is 0. The van der Waals surface area contributed by atoms with Crippen molar-refractivity contribution in [2.45, 2.75) is 40.2 Å². The van der Waals surface area contributed by atoms with Crippen molar-refractivity contribution in [3.63, 3.8) is 0 Å². The van der Waals surface area contributed by atoms with E-state index in [4.69, 9.17) is 9.26 Å². The number of thiophene rings is 1. The van der Waals surface area contributed by atoms with Gasteiger partial charge >= 0.3 is 0 Å². The van der Waals surface area contributed by atoms with Crippen LogP contribution in [0.3, 0.4) is 0 Å². The summed E-state index contributed by atoms with van der Waals surface area (Å²) >= 11 is 1.57. The first-order chi connectivity index (χ1) is 12.9. The lowest BCUT2D eigenvalue weighted by Crippen LogP contribution is -2.49. The number of aryl methyl sites for hydroxylation is 2. The third kappa shape index (κ3) is 5.18. The first-order valence-electron chi connectivity index (χ1n) is 9.57. The first kappa shape index (κ1) is 20.0.